The van der Waals surface area contributed by atoms with Crippen LogP contribution in [0.2, 0.25) is 0 Å². The zero-order valence-electron chi connectivity index (χ0n) is 13.3. The van der Waals surface area contributed by atoms with Gasteiger partial charge in [0.25, 0.3) is 0 Å². The van der Waals surface area contributed by atoms with Crippen LogP contribution in [0.4, 0.5) is 14.6 Å². The maximum atomic E-state index is 13.5. The fraction of sp³-hybridized carbons (Fsp3) is 0.167. The molecule has 1 N–H and O–H groups in total. The summed E-state index contributed by atoms with van der Waals surface area (Å²) in [5.41, 5.74) is 1.03. The average molecular weight is 342 g/mol. The van der Waals surface area contributed by atoms with Gasteiger partial charge in [0.1, 0.15) is 11.6 Å². The Hall–Kier alpha value is -3.09. The number of carbonyl (C=O) groups excluding carboxylic acids is 1. The summed E-state index contributed by atoms with van der Waals surface area (Å²) in [7, 11) is 0. The first-order valence-electron chi connectivity index (χ1n) is 7.77. The first-order chi connectivity index (χ1) is 12.1. The van der Waals surface area contributed by atoms with Crippen molar-refractivity contribution < 1.29 is 13.6 Å². The van der Waals surface area contributed by atoms with E-state index in [-0.39, 0.29) is 24.3 Å². The van der Waals surface area contributed by atoms with Crippen molar-refractivity contribution in [1.29, 1.82) is 0 Å². The van der Waals surface area contributed by atoms with Crippen LogP contribution in [-0.4, -0.2) is 20.7 Å². The molecule has 0 unspecified atom stereocenters. The maximum Gasteiger partial charge on any atom is 0.225 e. The van der Waals surface area contributed by atoms with E-state index in [1.807, 2.05) is 18.2 Å². The number of hydrogen-bond donors (Lipinski definition) is 1. The third-order valence-corrected chi connectivity index (χ3v) is 3.59. The van der Waals surface area contributed by atoms with Gasteiger partial charge in [-0.15, -0.1) is 0 Å². The highest BCUT2D eigenvalue weighted by Gasteiger charge is 2.09. The average Bonchev–Trinajstić information content (AvgIpc) is 3.03. The van der Waals surface area contributed by atoms with Crippen molar-refractivity contribution in [2.24, 2.45) is 0 Å². The topological polar surface area (TPSA) is 59.8 Å². The van der Waals surface area contributed by atoms with Gasteiger partial charge in [-0.3, -0.25) is 14.5 Å². The number of pyridine rings is 1. The summed E-state index contributed by atoms with van der Waals surface area (Å²) in [6, 6.07) is 10.5. The van der Waals surface area contributed by atoms with Crippen LogP contribution in [0.1, 0.15) is 17.7 Å². The molecular formula is C18H16F2N4O. The van der Waals surface area contributed by atoms with Crippen LogP contribution in [0.15, 0.2) is 54.9 Å². The van der Waals surface area contributed by atoms with E-state index in [0.29, 0.717) is 12.4 Å². The zero-order chi connectivity index (χ0) is 17.6. The standard InChI is InChI=1S/C18H16F2N4O/c19-14-5-6-16(20)13(11-14)4-7-18(25)22-17-8-10-24(23-17)12-15-3-1-2-9-21-15/h1-3,5-6,8-11H,4,7,12H2,(H,22,23,25). The lowest BCUT2D eigenvalue weighted by molar-refractivity contribution is -0.116. The molecule has 0 saturated carbocycles. The molecule has 1 aromatic carbocycles. The normalized spacial score (nSPS) is 10.6. The SMILES string of the molecule is O=C(CCc1cc(F)ccc1F)Nc1ccn(Cc2ccccn2)n1. The highest BCUT2D eigenvalue weighted by atomic mass is 19.1. The van der Waals surface area contributed by atoms with E-state index in [1.54, 1.807) is 23.1 Å². The molecule has 3 aromatic rings. The molecule has 0 atom stereocenters. The van der Waals surface area contributed by atoms with E-state index in [4.69, 9.17) is 0 Å². The Morgan fingerprint density at radius 2 is 2.04 bits per heavy atom. The van der Waals surface area contributed by atoms with Gasteiger partial charge in [0, 0.05) is 24.9 Å². The van der Waals surface area contributed by atoms with E-state index >= 15 is 0 Å². The minimum atomic E-state index is -0.523. The van der Waals surface area contributed by atoms with Gasteiger partial charge in [-0.05, 0) is 42.3 Å². The molecule has 1 amide bonds. The minimum Gasteiger partial charge on any atom is -0.309 e. The molecular weight excluding hydrogens is 326 g/mol. The van der Waals surface area contributed by atoms with Gasteiger partial charge in [-0.2, -0.15) is 5.10 Å². The summed E-state index contributed by atoms with van der Waals surface area (Å²) >= 11 is 0. The molecule has 2 aromatic heterocycles. The molecule has 0 radical (unpaired) electrons. The molecule has 3 rings (SSSR count). The lowest BCUT2D eigenvalue weighted by Crippen LogP contribution is -2.13. The van der Waals surface area contributed by atoms with Crippen molar-refractivity contribution in [3.05, 3.63) is 77.8 Å². The minimum absolute atomic E-state index is 0.0352. The number of benzene rings is 1. The summed E-state index contributed by atoms with van der Waals surface area (Å²) in [4.78, 5) is 16.2. The Bertz CT molecular complexity index is 865. The third kappa shape index (κ3) is 4.69. The maximum absolute atomic E-state index is 13.5. The number of hydrogen-bond acceptors (Lipinski definition) is 3. The number of rotatable bonds is 6. The molecule has 25 heavy (non-hydrogen) atoms. The van der Waals surface area contributed by atoms with E-state index in [2.05, 4.69) is 15.4 Å². The van der Waals surface area contributed by atoms with Crippen LogP contribution in [0.25, 0.3) is 0 Å². The first-order valence-corrected chi connectivity index (χ1v) is 7.77. The number of halogens is 2. The molecule has 7 heteroatoms. The van der Waals surface area contributed by atoms with Gasteiger partial charge < -0.3 is 5.32 Å². The molecule has 2 heterocycles. The number of carbonyl (C=O) groups is 1. The van der Waals surface area contributed by atoms with Crippen LogP contribution >= 0.6 is 0 Å². The molecule has 0 saturated heterocycles. The highest BCUT2D eigenvalue weighted by molar-refractivity contribution is 5.89. The van der Waals surface area contributed by atoms with E-state index in [1.165, 1.54) is 0 Å². The monoisotopic (exact) mass is 342 g/mol. The number of aryl methyl sites for hydroxylation is 1. The number of nitrogens with zero attached hydrogens (tertiary/aromatic N) is 3. The smallest absolute Gasteiger partial charge is 0.225 e. The summed E-state index contributed by atoms with van der Waals surface area (Å²) in [6.07, 6.45) is 3.58. The van der Waals surface area contributed by atoms with Crippen molar-refractivity contribution in [3.63, 3.8) is 0 Å². The van der Waals surface area contributed by atoms with Crippen molar-refractivity contribution in [3.8, 4) is 0 Å². The van der Waals surface area contributed by atoms with E-state index < -0.39 is 11.6 Å². The van der Waals surface area contributed by atoms with Crippen molar-refractivity contribution >= 4 is 11.7 Å². The lowest BCUT2D eigenvalue weighted by Gasteiger charge is -2.04. The second-order valence-electron chi connectivity index (χ2n) is 5.50. The largest absolute Gasteiger partial charge is 0.309 e. The Labute approximate surface area is 143 Å². The van der Waals surface area contributed by atoms with Gasteiger partial charge in [-0.25, -0.2) is 8.78 Å². The number of nitrogens with one attached hydrogen (secondary N) is 1. The van der Waals surface area contributed by atoms with Crippen molar-refractivity contribution in [2.45, 2.75) is 19.4 Å². The first kappa shape index (κ1) is 16.8. The molecule has 0 aliphatic heterocycles. The molecule has 5 nitrogen and oxygen atoms in total. The van der Waals surface area contributed by atoms with Crippen molar-refractivity contribution in [2.75, 3.05) is 5.32 Å². The predicted octanol–water partition coefficient (Wildman–Crippen LogP) is 3.18. The van der Waals surface area contributed by atoms with Crippen molar-refractivity contribution in [1.82, 2.24) is 14.8 Å². The fourth-order valence-corrected chi connectivity index (χ4v) is 2.36. The quantitative estimate of drug-likeness (QED) is 0.748. The summed E-state index contributed by atoms with van der Waals surface area (Å²) in [6.45, 7) is 0.491. The molecule has 0 spiro atoms. The highest BCUT2D eigenvalue weighted by Crippen LogP contribution is 2.12. The molecule has 0 aliphatic carbocycles. The fourth-order valence-electron chi connectivity index (χ4n) is 2.36. The molecule has 0 bridgehead atoms. The van der Waals surface area contributed by atoms with Gasteiger partial charge in [0.05, 0.1) is 12.2 Å². The second kappa shape index (κ2) is 7.65. The predicted molar refractivity (Wildman–Crippen MR) is 88.9 cm³/mol. The van der Waals surface area contributed by atoms with E-state index in [0.717, 1.165) is 23.9 Å². The number of amides is 1. The second-order valence-corrected chi connectivity index (χ2v) is 5.50. The summed E-state index contributed by atoms with van der Waals surface area (Å²) in [5.74, 6) is -0.952. The summed E-state index contributed by atoms with van der Waals surface area (Å²) in [5, 5.41) is 6.89. The number of aromatic nitrogens is 3. The van der Waals surface area contributed by atoms with Crippen LogP contribution in [0.3, 0.4) is 0 Å². The Kier molecular flexibility index (Phi) is 5.13. The van der Waals surface area contributed by atoms with Crippen LogP contribution in [-0.2, 0) is 17.8 Å². The van der Waals surface area contributed by atoms with Crippen LogP contribution in [0.5, 0.6) is 0 Å². The Morgan fingerprint density at radius 3 is 2.84 bits per heavy atom. The van der Waals surface area contributed by atoms with E-state index in [9.17, 15) is 13.6 Å². The molecule has 0 aliphatic rings. The van der Waals surface area contributed by atoms with Gasteiger partial charge >= 0.3 is 0 Å². The molecule has 0 fully saturated rings. The summed E-state index contributed by atoms with van der Waals surface area (Å²) < 4.78 is 28.3. The van der Waals surface area contributed by atoms with Gasteiger partial charge in [-0.1, -0.05) is 6.07 Å². The molecule has 128 valence electrons. The van der Waals surface area contributed by atoms with Gasteiger partial charge in [0.2, 0.25) is 5.91 Å². The van der Waals surface area contributed by atoms with Gasteiger partial charge in [0.15, 0.2) is 5.82 Å². The van der Waals surface area contributed by atoms with Crippen LogP contribution < -0.4 is 5.32 Å². The third-order valence-electron chi connectivity index (χ3n) is 3.59. The zero-order valence-corrected chi connectivity index (χ0v) is 13.3. The Morgan fingerprint density at radius 1 is 1.16 bits per heavy atom. The Balaban J connectivity index is 1.54. The number of anilines is 1. The lowest BCUT2D eigenvalue weighted by atomic mass is 10.1. The van der Waals surface area contributed by atoms with Crippen LogP contribution in [0, 0.1) is 11.6 Å².